The van der Waals surface area contributed by atoms with Gasteiger partial charge in [0, 0.05) is 5.56 Å². The fourth-order valence-electron chi connectivity index (χ4n) is 2.53. The van der Waals surface area contributed by atoms with Crippen molar-refractivity contribution in [2.45, 2.75) is 32.2 Å². The molecule has 1 aromatic carbocycles. The second kappa shape index (κ2) is 4.36. The van der Waals surface area contributed by atoms with E-state index in [-0.39, 0.29) is 0 Å². The fourth-order valence-corrected chi connectivity index (χ4v) is 2.53. The minimum absolute atomic E-state index is 1.14. The van der Waals surface area contributed by atoms with Crippen molar-refractivity contribution >= 4 is 0 Å². The van der Waals surface area contributed by atoms with E-state index in [1.165, 1.54) is 38.8 Å². The van der Waals surface area contributed by atoms with Crippen LogP contribution in [0.4, 0.5) is 0 Å². The molecule has 15 heavy (non-hydrogen) atoms. The van der Waals surface area contributed by atoms with E-state index in [2.05, 4.69) is 38.4 Å². The Morgan fingerprint density at radius 2 is 1.67 bits per heavy atom. The zero-order chi connectivity index (χ0) is 10.7. The molecule has 1 heterocycles. The molecule has 82 valence electrons. The molecule has 0 N–H and O–H groups in total. The monoisotopic (exact) mass is 204 g/mol. The Bertz CT molecular complexity index is 328. The predicted octanol–water partition coefficient (Wildman–Crippen LogP) is 2.99. The molecule has 1 aliphatic heterocycles. The van der Waals surface area contributed by atoms with Gasteiger partial charge >= 0.3 is 0 Å². The van der Waals surface area contributed by atoms with E-state index in [0.717, 1.165) is 4.48 Å². The first-order chi connectivity index (χ1) is 7.17. The number of rotatable bonds is 0. The van der Waals surface area contributed by atoms with Gasteiger partial charge in [0.15, 0.2) is 0 Å². The highest BCUT2D eigenvalue weighted by molar-refractivity contribution is 5.26. The Balaban J connectivity index is 2.27. The number of quaternary nitrogens is 1. The second-order valence-electron chi connectivity index (χ2n) is 5.40. The molecule has 1 aromatic rings. The van der Waals surface area contributed by atoms with Crippen LogP contribution < -0.4 is 0 Å². The van der Waals surface area contributed by atoms with Crippen molar-refractivity contribution in [3.63, 3.8) is 0 Å². The lowest BCUT2D eigenvalue weighted by Gasteiger charge is -2.30. The van der Waals surface area contributed by atoms with Crippen LogP contribution in [0.5, 0.6) is 0 Å². The van der Waals surface area contributed by atoms with Crippen LogP contribution in [0.3, 0.4) is 0 Å². The van der Waals surface area contributed by atoms with Crippen molar-refractivity contribution in [2.24, 2.45) is 0 Å². The van der Waals surface area contributed by atoms with Gasteiger partial charge in [0.1, 0.15) is 6.54 Å². The molecule has 1 nitrogen and oxygen atoms in total. The highest BCUT2D eigenvalue weighted by Crippen LogP contribution is 2.20. The first kappa shape index (κ1) is 10.7. The molecule has 1 heteroatoms. The van der Waals surface area contributed by atoms with Crippen molar-refractivity contribution in [1.29, 1.82) is 0 Å². The second-order valence-corrected chi connectivity index (χ2v) is 5.40. The molecule has 0 bridgehead atoms. The summed E-state index contributed by atoms with van der Waals surface area (Å²) in [6.45, 7) is 2.50. The Hall–Kier alpha value is -0.820. The molecule has 0 aromatic heterocycles. The van der Waals surface area contributed by atoms with Crippen molar-refractivity contribution < 1.29 is 4.48 Å². The summed E-state index contributed by atoms with van der Waals surface area (Å²) in [7, 11) is 4.70. The molecule has 0 fully saturated rings. The first-order valence-corrected chi connectivity index (χ1v) is 6.06. The molecule has 2 rings (SSSR count). The first-order valence-electron chi connectivity index (χ1n) is 6.06. The van der Waals surface area contributed by atoms with Crippen LogP contribution >= 0.6 is 0 Å². The average molecular weight is 204 g/mol. The van der Waals surface area contributed by atoms with Gasteiger partial charge in [-0.05, 0) is 31.2 Å². The average Bonchev–Trinajstić information content (AvgIpc) is 2.25. The van der Waals surface area contributed by atoms with E-state index < -0.39 is 0 Å². The lowest BCUT2D eigenvalue weighted by molar-refractivity contribution is -0.903. The summed E-state index contributed by atoms with van der Waals surface area (Å²) in [5, 5.41) is 0. The van der Waals surface area contributed by atoms with E-state index >= 15 is 0 Å². The Morgan fingerprint density at radius 3 is 2.47 bits per heavy atom. The summed E-state index contributed by atoms with van der Waals surface area (Å²) in [5.74, 6) is 0. The minimum Gasteiger partial charge on any atom is -0.325 e. The lowest BCUT2D eigenvalue weighted by atomic mass is 10.0. The van der Waals surface area contributed by atoms with Gasteiger partial charge in [0.05, 0.1) is 20.6 Å². The molecule has 0 aliphatic carbocycles. The molecule has 0 radical (unpaired) electrons. The summed E-state index contributed by atoms with van der Waals surface area (Å²) in [6, 6.07) is 8.97. The number of benzene rings is 1. The van der Waals surface area contributed by atoms with Crippen LogP contribution in [0, 0.1) is 0 Å². The molecule has 0 saturated carbocycles. The normalized spacial score (nSPS) is 20.9. The van der Waals surface area contributed by atoms with E-state index in [1.54, 1.807) is 11.1 Å². The van der Waals surface area contributed by atoms with Crippen LogP contribution in [-0.2, 0) is 13.0 Å². The molecule has 0 atom stereocenters. The molecule has 0 saturated heterocycles. The van der Waals surface area contributed by atoms with Crippen molar-refractivity contribution in [2.75, 3.05) is 20.6 Å². The third kappa shape index (κ3) is 2.82. The standard InChI is InChI=1S/C14H22N/c1-15(2)11-7-3-4-8-13-9-5-6-10-14(13)12-15/h5-6,9-10H,3-4,7-8,11-12H2,1-2H3/q+1. The van der Waals surface area contributed by atoms with E-state index in [0.29, 0.717) is 0 Å². The van der Waals surface area contributed by atoms with Crippen LogP contribution in [0.15, 0.2) is 24.3 Å². The molecule has 1 aliphatic rings. The number of nitrogens with zero attached hydrogens (tertiary/aromatic N) is 1. The van der Waals surface area contributed by atoms with Crippen LogP contribution in [0.1, 0.15) is 30.4 Å². The lowest BCUT2D eigenvalue weighted by Crippen LogP contribution is -2.39. The maximum Gasteiger partial charge on any atom is 0.104 e. The summed E-state index contributed by atoms with van der Waals surface area (Å²) >= 11 is 0. The molecular weight excluding hydrogens is 182 g/mol. The highest BCUT2D eigenvalue weighted by Gasteiger charge is 2.18. The summed E-state index contributed by atoms with van der Waals surface area (Å²) in [4.78, 5) is 0. The van der Waals surface area contributed by atoms with E-state index in [9.17, 15) is 0 Å². The van der Waals surface area contributed by atoms with E-state index in [1.807, 2.05) is 0 Å². The summed E-state index contributed by atoms with van der Waals surface area (Å²) < 4.78 is 1.14. The van der Waals surface area contributed by atoms with Gasteiger partial charge in [-0.15, -0.1) is 0 Å². The summed E-state index contributed by atoms with van der Waals surface area (Å²) in [6.07, 6.45) is 5.39. The minimum atomic E-state index is 1.14. The third-order valence-corrected chi connectivity index (χ3v) is 3.43. The zero-order valence-corrected chi connectivity index (χ0v) is 10.00. The van der Waals surface area contributed by atoms with Gasteiger partial charge in [-0.25, -0.2) is 0 Å². The largest absolute Gasteiger partial charge is 0.325 e. The van der Waals surface area contributed by atoms with Gasteiger partial charge in [-0.3, -0.25) is 0 Å². The SMILES string of the molecule is C[N+]1(C)CCCCCc2ccccc2C1. The Kier molecular flexibility index (Phi) is 3.11. The number of aryl methyl sites for hydroxylation is 1. The summed E-state index contributed by atoms with van der Waals surface area (Å²) in [5.41, 5.74) is 3.13. The van der Waals surface area contributed by atoms with Crippen molar-refractivity contribution in [3.8, 4) is 0 Å². The van der Waals surface area contributed by atoms with Crippen molar-refractivity contribution in [1.82, 2.24) is 0 Å². The molecule has 0 amide bonds. The maximum absolute atomic E-state index is 2.35. The quantitative estimate of drug-likeness (QED) is 0.570. The third-order valence-electron chi connectivity index (χ3n) is 3.43. The number of fused-ring (bicyclic) bond motifs is 1. The highest BCUT2D eigenvalue weighted by atomic mass is 15.3. The van der Waals surface area contributed by atoms with Gasteiger partial charge in [-0.1, -0.05) is 24.3 Å². The Labute approximate surface area is 93.3 Å². The number of hydrogen-bond donors (Lipinski definition) is 0. The van der Waals surface area contributed by atoms with Crippen molar-refractivity contribution in [3.05, 3.63) is 35.4 Å². The van der Waals surface area contributed by atoms with Gasteiger partial charge in [0.2, 0.25) is 0 Å². The van der Waals surface area contributed by atoms with Gasteiger partial charge in [-0.2, -0.15) is 0 Å². The molecular formula is C14H22N+. The van der Waals surface area contributed by atoms with E-state index in [4.69, 9.17) is 0 Å². The smallest absolute Gasteiger partial charge is 0.104 e. The van der Waals surface area contributed by atoms with Gasteiger partial charge < -0.3 is 4.48 Å². The molecule has 0 unspecified atom stereocenters. The van der Waals surface area contributed by atoms with Crippen LogP contribution in [0.2, 0.25) is 0 Å². The molecule has 0 spiro atoms. The Morgan fingerprint density at radius 1 is 0.933 bits per heavy atom. The predicted molar refractivity (Wildman–Crippen MR) is 64.7 cm³/mol. The van der Waals surface area contributed by atoms with Crippen LogP contribution in [0.25, 0.3) is 0 Å². The maximum atomic E-state index is 2.35. The topological polar surface area (TPSA) is 0 Å². The zero-order valence-electron chi connectivity index (χ0n) is 10.00. The van der Waals surface area contributed by atoms with Gasteiger partial charge in [0.25, 0.3) is 0 Å². The number of hydrogen-bond acceptors (Lipinski definition) is 0. The fraction of sp³-hybridized carbons (Fsp3) is 0.571. The van der Waals surface area contributed by atoms with Crippen LogP contribution in [-0.4, -0.2) is 25.1 Å².